The molecule has 0 heterocycles. The summed E-state index contributed by atoms with van der Waals surface area (Å²) in [4.78, 5) is 24.0. The zero-order chi connectivity index (χ0) is 20.2. The third-order valence-electron chi connectivity index (χ3n) is 4.09. The van der Waals surface area contributed by atoms with Crippen LogP contribution in [0.1, 0.15) is 50.7 Å². The molecular formula is C22H26N4O2. The lowest BCUT2D eigenvalue weighted by molar-refractivity contribution is -0.126. The van der Waals surface area contributed by atoms with Gasteiger partial charge in [-0.25, -0.2) is 10.9 Å². The highest BCUT2D eigenvalue weighted by atomic mass is 16.2. The maximum Gasteiger partial charge on any atom is 0.240 e. The van der Waals surface area contributed by atoms with Gasteiger partial charge in [0.25, 0.3) is 0 Å². The first-order valence-corrected chi connectivity index (χ1v) is 9.45. The van der Waals surface area contributed by atoms with Gasteiger partial charge in [0.1, 0.15) is 0 Å². The van der Waals surface area contributed by atoms with Crippen molar-refractivity contribution in [1.29, 1.82) is 0 Å². The topological polar surface area (TPSA) is 82.9 Å². The van der Waals surface area contributed by atoms with Gasteiger partial charge < -0.3 is 0 Å². The molecule has 0 aromatic heterocycles. The first-order valence-electron chi connectivity index (χ1n) is 9.45. The van der Waals surface area contributed by atoms with Crippen LogP contribution in [0.15, 0.2) is 70.9 Å². The van der Waals surface area contributed by atoms with Gasteiger partial charge in [0, 0.05) is 12.8 Å². The van der Waals surface area contributed by atoms with E-state index in [0.29, 0.717) is 12.8 Å². The van der Waals surface area contributed by atoms with Gasteiger partial charge >= 0.3 is 0 Å². The summed E-state index contributed by atoms with van der Waals surface area (Å²) in [5, 5.41) is 8.35. The van der Waals surface area contributed by atoms with Crippen LogP contribution in [0.25, 0.3) is 0 Å². The molecule has 0 fully saturated rings. The van der Waals surface area contributed by atoms with Crippen molar-refractivity contribution in [3.05, 3.63) is 71.8 Å². The van der Waals surface area contributed by atoms with E-state index in [4.69, 9.17) is 0 Å². The molecule has 0 bridgehead atoms. The first kappa shape index (κ1) is 21.0. The van der Waals surface area contributed by atoms with E-state index in [9.17, 15) is 9.59 Å². The highest BCUT2D eigenvalue weighted by Gasteiger charge is 2.08. The summed E-state index contributed by atoms with van der Waals surface area (Å²) in [6.07, 6.45) is 1.48. The second-order valence-corrected chi connectivity index (χ2v) is 6.13. The number of rotatable bonds is 9. The molecule has 0 aliphatic rings. The molecule has 0 spiro atoms. The smallest absolute Gasteiger partial charge is 0.240 e. The molecule has 0 aliphatic heterocycles. The van der Waals surface area contributed by atoms with Crippen LogP contribution in [0, 0.1) is 0 Å². The minimum Gasteiger partial charge on any atom is -0.273 e. The molecule has 6 nitrogen and oxygen atoms in total. The van der Waals surface area contributed by atoms with Crippen molar-refractivity contribution in [2.75, 3.05) is 0 Å². The minimum atomic E-state index is -0.306. The van der Waals surface area contributed by atoms with Gasteiger partial charge in [0.2, 0.25) is 11.8 Å². The Kier molecular flexibility index (Phi) is 8.59. The molecule has 2 amide bonds. The van der Waals surface area contributed by atoms with Crippen molar-refractivity contribution >= 4 is 23.2 Å². The lowest BCUT2D eigenvalue weighted by Gasteiger charge is -2.06. The second kappa shape index (κ2) is 11.4. The SMILES string of the molecule is CCC(=NNC(=O)CCC(=O)NN=C(CC)c1ccccc1)c1ccccc1. The van der Waals surface area contributed by atoms with E-state index in [0.717, 1.165) is 22.6 Å². The highest BCUT2D eigenvalue weighted by molar-refractivity contribution is 6.01. The van der Waals surface area contributed by atoms with Crippen LogP contribution in [-0.4, -0.2) is 23.2 Å². The van der Waals surface area contributed by atoms with Gasteiger partial charge in [-0.2, -0.15) is 10.2 Å². The molecule has 6 heteroatoms. The van der Waals surface area contributed by atoms with Gasteiger partial charge in [-0.15, -0.1) is 0 Å². The molecule has 2 rings (SSSR count). The average Bonchev–Trinajstić information content (AvgIpc) is 2.74. The Morgan fingerprint density at radius 1 is 0.679 bits per heavy atom. The fourth-order valence-electron chi connectivity index (χ4n) is 2.56. The van der Waals surface area contributed by atoms with Crippen molar-refractivity contribution in [2.45, 2.75) is 39.5 Å². The van der Waals surface area contributed by atoms with Crippen molar-refractivity contribution in [1.82, 2.24) is 10.9 Å². The van der Waals surface area contributed by atoms with Gasteiger partial charge in [-0.05, 0) is 24.0 Å². The third kappa shape index (κ3) is 6.79. The predicted octanol–water partition coefficient (Wildman–Crippen LogP) is 3.63. The number of benzene rings is 2. The molecule has 0 aliphatic carbocycles. The molecule has 0 saturated carbocycles. The molecule has 2 aromatic rings. The Hall–Kier alpha value is -3.28. The third-order valence-corrected chi connectivity index (χ3v) is 4.09. The van der Waals surface area contributed by atoms with Gasteiger partial charge in [-0.3, -0.25) is 9.59 Å². The van der Waals surface area contributed by atoms with Crippen LogP contribution in [0.3, 0.4) is 0 Å². The maximum atomic E-state index is 12.0. The van der Waals surface area contributed by atoms with E-state index in [-0.39, 0.29) is 24.7 Å². The van der Waals surface area contributed by atoms with E-state index in [1.54, 1.807) is 0 Å². The minimum absolute atomic E-state index is 0.0451. The summed E-state index contributed by atoms with van der Waals surface area (Å²) in [5.41, 5.74) is 8.55. The van der Waals surface area contributed by atoms with Crippen LogP contribution in [0.2, 0.25) is 0 Å². The van der Waals surface area contributed by atoms with Crippen LogP contribution < -0.4 is 10.9 Å². The summed E-state index contributed by atoms with van der Waals surface area (Å²) in [6, 6.07) is 19.3. The normalized spacial score (nSPS) is 11.8. The summed E-state index contributed by atoms with van der Waals surface area (Å²) in [5.74, 6) is -0.612. The number of hydrogen-bond acceptors (Lipinski definition) is 4. The summed E-state index contributed by atoms with van der Waals surface area (Å²) < 4.78 is 0. The van der Waals surface area contributed by atoms with E-state index >= 15 is 0 Å². The molecule has 0 radical (unpaired) electrons. The molecule has 0 saturated heterocycles. The van der Waals surface area contributed by atoms with Crippen molar-refractivity contribution in [2.24, 2.45) is 10.2 Å². The van der Waals surface area contributed by atoms with Gasteiger partial charge in [0.05, 0.1) is 11.4 Å². The Bertz CT molecular complexity index is 759. The first-order chi connectivity index (χ1) is 13.6. The summed E-state index contributed by atoms with van der Waals surface area (Å²) in [6.45, 7) is 3.95. The average molecular weight is 378 g/mol. The fraction of sp³-hybridized carbons (Fsp3) is 0.273. The summed E-state index contributed by atoms with van der Waals surface area (Å²) >= 11 is 0. The number of amides is 2. The molecule has 2 aromatic carbocycles. The standard InChI is InChI=1S/C22H26N4O2/c1-3-19(17-11-7-5-8-12-17)23-25-21(27)15-16-22(28)26-24-20(4-2)18-13-9-6-10-14-18/h5-14H,3-4,15-16H2,1-2H3,(H,25,27)(H,26,28). The van der Waals surface area contributed by atoms with Crippen LogP contribution in [0.5, 0.6) is 0 Å². The quantitative estimate of drug-likeness (QED) is 0.516. The number of nitrogens with one attached hydrogen (secondary N) is 2. The monoisotopic (exact) mass is 378 g/mol. The van der Waals surface area contributed by atoms with Crippen LogP contribution in [-0.2, 0) is 9.59 Å². The van der Waals surface area contributed by atoms with Crippen LogP contribution in [0.4, 0.5) is 0 Å². The van der Waals surface area contributed by atoms with E-state index in [1.165, 1.54) is 0 Å². The number of carbonyl (C=O) groups excluding carboxylic acids is 2. The van der Waals surface area contributed by atoms with Gasteiger partial charge in [0.15, 0.2) is 0 Å². The van der Waals surface area contributed by atoms with Crippen molar-refractivity contribution in [3.63, 3.8) is 0 Å². The van der Waals surface area contributed by atoms with E-state index in [1.807, 2.05) is 74.5 Å². The number of hydrazone groups is 2. The van der Waals surface area contributed by atoms with Crippen molar-refractivity contribution < 1.29 is 9.59 Å². The largest absolute Gasteiger partial charge is 0.273 e. The maximum absolute atomic E-state index is 12.0. The zero-order valence-corrected chi connectivity index (χ0v) is 16.3. The van der Waals surface area contributed by atoms with Crippen molar-refractivity contribution in [3.8, 4) is 0 Å². The Balaban J connectivity index is 1.82. The summed E-state index contributed by atoms with van der Waals surface area (Å²) in [7, 11) is 0. The van der Waals surface area contributed by atoms with Crippen LogP contribution >= 0.6 is 0 Å². The Morgan fingerprint density at radius 2 is 1.04 bits per heavy atom. The van der Waals surface area contributed by atoms with E-state index in [2.05, 4.69) is 21.1 Å². The lowest BCUT2D eigenvalue weighted by atomic mass is 10.1. The number of carbonyl (C=O) groups is 2. The Morgan fingerprint density at radius 3 is 1.36 bits per heavy atom. The molecule has 0 unspecified atom stereocenters. The highest BCUT2D eigenvalue weighted by Crippen LogP contribution is 2.05. The van der Waals surface area contributed by atoms with E-state index < -0.39 is 0 Å². The number of hydrogen-bond donors (Lipinski definition) is 2. The molecule has 146 valence electrons. The second-order valence-electron chi connectivity index (χ2n) is 6.13. The Labute approximate surface area is 165 Å². The number of nitrogens with zero attached hydrogens (tertiary/aromatic N) is 2. The molecule has 0 atom stereocenters. The zero-order valence-electron chi connectivity index (χ0n) is 16.3. The molecule has 28 heavy (non-hydrogen) atoms. The fourth-order valence-corrected chi connectivity index (χ4v) is 2.56. The molecular weight excluding hydrogens is 352 g/mol. The van der Waals surface area contributed by atoms with Gasteiger partial charge in [-0.1, -0.05) is 74.5 Å². The molecule has 2 N–H and O–H groups in total. The lowest BCUT2D eigenvalue weighted by Crippen LogP contribution is -2.24. The predicted molar refractivity (Wildman–Crippen MR) is 112 cm³/mol.